The van der Waals surface area contributed by atoms with Crippen molar-refractivity contribution >= 4 is 5.69 Å². The fourth-order valence-corrected chi connectivity index (χ4v) is 9.33. The molecule has 3 heteroatoms. The van der Waals surface area contributed by atoms with Crippen LogP contribution in [0.25, 0.3) is 0 Å². The molecule has 0 aromatic heterocycles. The van der Waals surface area contributed by atoms with E-state index in [2.05, 4.69) is 89.9 Å². The molecule has 0 spiro atoms. The van der Waals surface area contributed by atoms with Crippen molar-refractivity contribution < 1.29 is 4.74 Å². The van der Waals surface area contributed by atoms with Gasteiger partial charge >= 0.3 is 0 Å². The van der Waals surface area contributed by atoms with E-state index in [-0.39, 0.29) is 6.04 Å². The van der Waals surface area contributed by atoms with Crippen LogP contribution in [0.5, 0.6) is 5.75 Å². The Balaban J connectivity index is 1.21. The maximum atomic E-state index is 5.67. The van der Waals surface area contributed by atoms with Crippen LogP contribution in [0.4, 0.5) is 5.69 Å². The molecular formula is C37H46N2O. The minimum absolute atomic E-state index is 0.241. The van der Waals surface area contributed by atoms with E-state index in [1.54, 1.807) is 7.11 Å². The van der Waals surface area contributed by atoms with Crippen LogP contribution < -0.4 is 10.1 Å². The van der Waals surface area contributed by atoms with Crippen molar-refractivity contribution in [1.29, 1.82) is 0 Å². The van der Waals surface area contributed by atoms with Crippen LogP contribution in [-0.4, -0.2) is 23.6 Å². The van der Waals surface area contributed by atoms with Crippen LogP contribution in [0.15, 0.2) is 72.8 Å². The largest absolute Gasteiger partial charge is 0.497 e. The number of fused-ring (bicyclic) bond motifs is 1. The zero-order valence-corrected chi connectivity index (χ0v) is 24.4. The van der Waals surface area contributed by atoms with Gasteiger partial charge in [-0.3, -0.25) is 4.90 Å². The molecule has 3 aromatic rings. The van der Waals surface area contributed by atoms with Crippen molar-refractivity contribution in [2.45, 2.75) is 95.3 Å². The molecule has 4 aliphatic carbocycles. The smallest absolute Gasteiger partial charge is 0.119 e. The first-order valence-electron chi connectivity index (χ1n) is 16.0. The Morgan fingerprint density at radius 2 is 1.57 bits per heavy atom. The number of ether oxygens (including phenoxy) is 1. The van der Waals surface area contributed by atoms with Crippen molar-refractivity contribution in [1.82, 2.24) is 4.90 Å². The molecule has 210 valence electrons. The summed E-state index contributed by atoms with van der Waals surface area (Å²) in [6, 6.07) is 28.2. The van der Waals surface area contributed by atoms with Crippen molar-refractivity contribution in [2.24, 2.45) is 17.8 Å². The van der Waals surface area contributed by atoms with E-state index in [1.165, 1.54) is 85.7 Å². The minimum Gasteiger partial charge on any atom is -0.497 e. The normalized spacial score (nSPS) is 30.7. The minimum atomic E-state index is 0.241. The lowest BCUT2D eigenvalue weighted by atomic mass is 9.53. The Morgan fingerprint density at radius 1 is 0.875 bits per heavy atom. The molecule has 0 unspecified atom stereocenters. The van der Waals surface area contributed by atoms with Gasteiger partial charge in [-0.05, 0) is 116 Å². The lowest BCUT2D eigenvalue weighted by molar-refractivity contribution is 0.0107. The lowest BCUT2D eigenvalue weighted by Gasteiger charge is -2.57. The zero-order valence-electron chi connectivity index (χ0n) is 24.4. The second-order valence-electron chi connectivity index (χ2n) is 13.6. The van der Waals surface area contributed by atoms with Gasteiger partial charge in [-0.1, -0.05) is 68.3 Å². The third kappa shape index (κ3) is 5.07. The first-order valence-corrected chi connectivity index (χ1v) is 16.0. The van der Waals surface area contributed by atoms with Crippen LogP contribution in [0.1, 0.15) is 93.0 Å². The number of rotatable bonds is 9. The van der Waals surface area contributed by atoms with Gasteiger partial charge in [0.2, 0.25) is 0 Å². The van der Waals surface area contributed by atoms with Crippen LogP contribution in [0.3, 0.4) is 0 Å². The number of anilines is 1. The first kappa shape index (κ1) is 26.1. The second kappa shape index (κ2) is 10.9. The highest BCUT2D eigenvalue weighted by atomic mass is 16.5. The number of nitrogens with zero attached hydrogens (tertiary/aromatic N) is 1. The van der Waals surface area contributed by atoms with Crippen molar-refractivity contribution in [3.05, 3.63) is 95.1 Å². The molecule has 1 aliphatic heterocycles. The van der Waals surface area contributed by atoms with E-state index in [0.29, 0.717) is 11.6 Å². The van der Waals surface area contributed by atoms with Gasteiger partial charge in [0.25, 0.3) is 0 Å². The number of methoxy groups -OCH3 is 1. The number of unbranched alkanes of at least 4 members (excludes halogenated alkanes) is 1. The van der Waals surface area contributed by atoms with E-state index in [1.807, 2.05) is 0 Å². The Hall–Kier alpha value is -2.78. The third-order valence-corrected chi connectivity index (χ3v) is 10.7. The fourth-order valence-electron chi connectivity index (χ4n) is 9.33. The summed E-state index contributed by atoms with van der Waals surface area (Å²) in [5.41, 5.74) is 7.34. The van der Waals surface area contributed by atoms with Crippen molar-refractivity contribution in [3.63, 3.8) is 0 Å². The Bertz CT molecular complexity index is 1260. The molecule has 0 amide bonds. The predicted octanol–water partition coefficient (Wildman–Crippen LogP) is 8.78. The Kier molecular flexibility index (Phi) is 7.12. The quantitative estimate of drug-likeness (QED) is 0.297. The van der Waals surface area contributed by atoms with E-state index in [9.17, 15) is 0 Å². The molecular weight excluding hydrogens is 488 g/mol. The monoisotopic (exact) mass is 534 g/mol. The highest BCUT2D eigenvalue weighted by molar-refractivity contribution is 5.51. The maximum Gasteiger partial charge on any atom is 0.119 e. The van der Waals surface area contributed by atoms with Crippen molar-refractivity contribution in [2.75, 3.05) is 12.4 Å². The summed E-state index contributed by atoms with van der Waals surface area (Å²) in [5, 5.41) is 4.11. The van der Waals surface area contributed by atoms with Crippen LogP contribution >= 0.6 is 0 Å². The molecule has 5 aliphatic rings. The molecule has 0 radical (unpaired) electrons. The van der Waals surface area contributed by atoms with Crippen LogP contribution in [-0.2, 0) is 13.0 Å². The summed E-state index contributed by atoms with van der Waals surface area (Å²) >= 11 is 0. The molecule has 1 heterocycles. The summed E-state index contributed by atoms with van der Waals surface area (Å²) in [7, 11) is 1.79. The van der Waals surface area contributed by atoms with Gasteiger partial charge in [0.05, 0.1) is 13.2 Å². The van der Waals surface area contributed by atoms with Crippen LogP contribution in [0, 0.1) is 17.8 Å². The van der Waals surface area contributed by atoms with Crippen LogP contribution in [0.2, 0.25) is 0 Å². The van der Waals surface area contributed by atoms with Gasteiger partial charge < -0.3 is 10.1 Å². The standard InChI is InChI=1S/C37H46N2O/c1-3-4-10-33-20-31-21-34(40-2)15-16-35(31)36(39(33)25-26-8-6-5-7-9-26)30-11-13-32(14-12-30)38-37-22-27-17-28(23-37)19-29(18-27)24-37/h5-9,11-16,21,27-29,33,36,38H,3-4,10,17-20,22-25H2,1-2H3/t27?,28?,29?,33-,36-,37?/m0/s1. The highest BCUT2D eigenvalue weighted by Gasteiger charge is 2.50. The zero-order chi connectivity index (χ0) is 27.1. The van der Waals surface area contributed by atoms with E-state index < -0.39 is 0 Å². The molecule has 3 nitrogen and oxygen atoms in total. The van der Waals surface area contributed by atoms with E-state index in [4.69, 9.17) is 4.74 Å². The summed E-state index contributed by atoms with van der Waals surface area (Å²) in [6.45, 7) is 3.28. The van der Waals surface area contributed by atoms with E-state index in [0.717, 1.165) is 36.5 Å². The highest BCUT2D eigenvalue weighted by Crippen LogP contribution is 2.56. The van der Waals surface area contributed by atoms with Gasteiger partial charge in [-0.2, -0.15) is 0 Å². The maximum absolute atomic E-state index is 5.67. The van der Waals surface area contributed by atoms with Gasteiger partial charge in [0.15, 0.2) is 0 Å². The fraction of sp³-hybridized carbons (Fsp3) is 0.514. The van der Waals surface area contributed by atoms with Gasteiger partial charge in [0, 0.05) is 23.8 Å². The number of benzene rings is 3. The molecule has 2 atom stereocenters. The molecule has 0 saturated heterocycles. The second-order valence-corrected chi connectivity index (χ2v) is 13.6. The summed E-state index contributed by atoms with van der Waals surface area (Å²) < 4.78 is 5.67. The van der Waals surface area contributed by atoms with E-state index >= 15 is 0 Å². The van der Waals surface area contributed by atoms with Gasteiger partial charge in [-0.25, -0.2) is 0 Å². The van der Waals surface area contributed by atoms with Crippen molar-refractivity contribution in [3.8, 4) is 5.75 Å². The molecule has 40 heavy (non-hydrogen) atoms. The van der Waals surface area contributed by atoms with Gasteiger partial charge in [-0.15, -0.1) is 0 Å². The number of nitrogens with one attached hydrogen (secondary N) is 1. The topological polar surface area (TPSA) is 24.5 Å². The summed E-state index contributed by atoms with van der Waals surface area (Å²) in [6.07, 6.45) is 13.4. The molecule has 8 rings (SSSR count). The lowest BCUT2D eigenvalue weighted by Crippen LogP contribution is -2.54. The molecule has 4 fully saturated rings. The molecule has 4 bridgehead atoms. The third-order valence-electron chi connectivity index (χ3n) is 10.7. The van der Waals surface area contributed by atoms with Gasteiger partial charge in [0.1, 0.15) is 5.75 Å². The summed E-state index contributed by atoms with van der Waals surface area (Å²) in [5.74, 6) is 3.85. The number of hydrogen-bond donors (Lipinski definition) is 1. The Morgan fingerprint density at radius 3 is 2.23 bits per heavy atom. The Labute approximate surface area is 241 Å². The number of hydrogen-bond acceptors (Lipinski definition) is 3. The average molecular weight is 535 g/mol. The molecule has 4 saturated carbocycles. The molecule has 3 aromatic carbocycles. The summed E-state index contributed by atoms with van der Waals surface area (Å²) in [4.78, 5) is 2.79. The average Bonchev–Trinajstić information content (AvgIpc) is 2.96. The predicted molar refractivity (Wildman–Crippen MR) is 165 cm³/mol. The molecule has 1 N–H and O–H groups in total. The first-order chi connectivity index (χ1) is 19.6. The SMILES string of the molecule is CCCC[C@H]1Cc2cc(OC)ccc2[C@H](c2ccc(NC34CC5CC(CC(C5)C3)C4)cc2)N1Cc1ccccc1.